The van der Waals surface area contributed by atoms with Crippen LogP contribution < -0.4 is 16.2 Å². The number of hydrogen-bond donors (Lipinski definition) is 3. The molecule has 114 valence electrons. The second kappa shape index (κ2) is 5.96. The molecule has 8 heteroatoms. The van der Waals surface area contributed by atoms with Gasteiger partial charge in [0.15, 0.2) is 0 Å². The van der Waals surface area contributed by atoms with Gasteiger partial charge >= 0.3 is 0 Å². The first-order chi connectivity index (χ1) is 10.3. The molecule has 1 aliphatic rings. The van der Waals surface area contributed by atoms with Crippen molar-refractivity contribution >= 4 is 33.1 Å². The summed E-state index contributed by atoms with van der Waals surface area (Å²) in [5.41, 5.74) is 6.93. The Hall–Kier alpha value is -2.71. The number of carbonyl (C=O) groups excluding carboxylic acids is 2. The summed E-state index contributed by atoms with van der Waals surface area (Å²) < 4.78 is 21.4. The molecule has 0 unspecified atom stereocenters. The molecule has 0 fully saturated rings. The molecule has 22 heavy (non-hydrogen) atoms. The zero-order valence-electron chi connectivity index (χ0n) is 11.3. The van der Waals surface area contributed by atoms with Crippen molar-refractivity contribution in [2.24, 2.45) is 5.14 Å². The molecule has 1 heterocycles. The molecule has 3 rings (SSSR count). The molecule has 0 saturated carbocycles. The van der Waals surface area contributed by atoms with Gasteiger partial charge in [-0.25, -0.2) is 13.6 Å². The summed E-state index contributed by atoms with van der Waals surface area (Å²) in [5.74, 6) is -0.980. The number of amides is 1. The molecule has 5 N–H and O–H groups in total. The number of nitrogen functional groups attached to an aromatic ring is 1. The maximum Gasteiger partial charge on any atom is 0.296 e. The largest absolute Gasteiger partial charge is 0.399 e. The second-order valence-electron chi connectivity index (χ2n) is 4.44. The molecule has 0 saturated heterocycles. The number of rotatable bonds is 1. The van der Waals surface area contributed by atoms with Gasteiger partial charge in [-0.15, -0.1) is 0 Å². The number of hydrogen-bond acceptors (Lipinski definition) is 5. The topological polar surface area (TPSA) is 132 Å². The summed E-state index contributed by atoms with van der Waals surface area (Å²) >= 11 is 0. The minimum absolute atomic E-state index is 0.0756. The van der Waals surface area contributed by atoms with E-state index in [0.717, 1.165) is 0 Å². The lowest BCUT2D eigenvalue weighted by molar-refractivity contribution is -0.112. The smallest absolute Gasteiger partial charge is 0.296 e. The Bertz CT molecular complexity index is 829. The molecule has 2 aromatic carbocycles. The van der Waals surface area contributed by atoms with Crippen molar-refractivity contribution in [3.8, 4) is 0 Å². The predicted molar refractivity (Wildman–Crippen MR) is 81.6 cm³/mol. The Morgan fingerprint density at radius 2 is 1.50 bits per heavy atom. The number of para-hydroxylation sites is 1. The lowest BCUT2D eigenvalue weighted by Gasteiger charge is -1.96. The number of benzene rings is 2. The average molecular weight is 319 g/mol. The number of anilines is 2. The Balaban J connectivity index is 0.000000160. The number of ketones is 1. The van der Waals surface area contributed by atoms with Gasteiger partial charge in [-0.2, -0.15) is 0 Å². The van der Waals surface area contributed by atoms with Crippen molar-refractivity contribution in [1.29, 1.82) is 0 Å². The van der Waals surface area contributed by atoms with Gasteiger partial charge in [0.2, 0.25) is 10.0 Å². The fraction of sp³-hybridized carbons (Fsp3) is 0. The van der Waals surface area contributed by atoms with Crippen molar-refractivity contribution < 1.29 is 18.0 Å². The van der Waals surface area contributed by atoms with Gasteiger partial charge in [-0.3, -0.25) is 9.59 Å². The zero-order valence-corrected chi connectivity index (χ0v) is 12.1. The highest BCUT2D eigenvalue weighted by atomic mass is 32.2. The van der Waals surface area contributed by atoms with Crippen LogP contribution in [-0.2, 0) is 14.8 Å². The van der Waals surface area contributed by atoms with Gasteiger partial charge < -0.3 is 11.1 Å². The van der Waals surface area contributed by atoms with E-state index in [9.17, 15) is 18.0 Å². The van der Waals surface area contributed by atoms with E-state index in [4.69, 9.17) is 10.9 Å². The van der Waals surface area contributed by atoms with Crippen LogP contribution in [0.4, 0.5) is 11.4 Å². The number of nitrogens with two attached hydrogens (primary N) is 2. The van der Waals surface area contributed by atoms with Gasteiger partial charge in [-0.1, -0.05) is 12.1 Å². The van der Waals surface area contributed by atoms with E-state index in [2.05, 4.69) is 5.32 Å². The number of primary sulfonamides is 1. The number of carbonyl (C=O) groups is 2. The first kappa shape index (κ1) is 15.7. The second-order valence-corrected chi connectivity index (χ2v) is 6.00. The van der Waals surface area contributed by atoms with E-state index in [-0.39, 0.29) is 4.90 Å². The average Bonchev–Trinajstić information content (AvgIpc) is 2.75. The van der Waals surface area contributed by atoms with Crippen LogP contribution in [0, 0.1) is 0 Å². The molecule has 0 atom stereocenters. The minimum atomic E-state index is -3.58. The Morgan fingerprint density at radius 1 is 0.909 bits per heavy atom. The quantitative estimate of drug-likeness (QED) is 0.526. The van der Waals surface area contributed by atoms with E-state index in [1.54, 1.807) is 24.3 Å². The van der Waals surface area contributed by atoms with Crippen molar-refractivity contribution in [1.82, 2.24) is 0 Å². The molecular weight excluding hydrogens is 306 g/mol. The van der Waals surface area contributed by atoms with Crippen LogP contribution in [0.25, 0.3) is 0 Å². The van der Waals surface area contributed by atoms with Gasteiger partial charge in [0.25, 0.3) is 11.7 Å². The molecule has 1 aliphatic heterocycles. The Labute approximate surface area is 127 Å². The summed E-state index contributed by atoms with van der Waals surface area (Å²) in [6, 6.07) is 12.6. The highest BCUT2D eigenvalue weighted by Gasteiger charge is 2.26. The number of sulfonamides is 1. The van der Waals surface area contributed by atoms with Crippen LogP contribution in [0.15, 0.2) is 53.4 Å². The van der Waals surface area contributed by atoms with E-state index in [0.29, 0.717) is 16.9 Å². The predicted octanol–water partition coefficient (Wildman–Crippen LogP) is 0.738. The molecule has 0 aliphatic carbocycles. The SMILES string of the molecule is Nc1ccc(S(N)(=O)=O)cc1.O=C1Nc2ccccc2C1=O. The Kier molecular flexibility index (Phi) is 4.25. The third kappa shape index (κ3) is 3.48. The normalized spacial score (nSPS) is 13.0. The minimum Gasteiger partial charge on any atom is -0.399 e. The van der Waals surface area contributed by atoms with E-state index >= 15 is 0 Å². The van der Waals surface area contributed by atoms with Crippen molar-refractivity contribution in [2.75, 3.05) is 11.1 Å². The number of Topliss-reactive ketones (excluding diaryl/α,β-unsaturated/α-hetero) is 1. The monoisotopic (exact) mass is 319 g/mol. The van der Waals surface area contributed by atoms with Crippen molar-refractivity contribution in [2.45, 2.75) is 4.90 Å². The van der Waals surface area contributed by atoms with Gasteiger partial charge in [0.1, 0.15) is 0 Å². The lowest BCUT2D eigenvalue weighted by Crippen LogP contribution is -2.12. The van der Waals surface area contributed by atoms with Crippen LogP contribution in [0.1, 0.15) is 10.4 Å². The maximum atomic E-state index is 11.0. The third-order valence-electron chi connectivity index (χ3n) is 2.83. The van der Waals surface area contributed by atoms with Gasteiger partial charge in [0.05, 0.1) is 16.1 Å². The van der Waals surface area contributed by atoms with Crippen LogP contribution in [0.5, 0.6) is 0 Å². The zero-order chi connectivity index (χ0) is 16.3. The molecule has 1 amide bonds. The summed E-state index contributed by atoms with van der Waals surface area (Å²) in [6.45, 7) is 0. The molecule has 0 spiro atoms. The van der Waals surface area contributed by atoms with E-state index in [1.807, 2.05) is 0 Å². The highest BCUT2D eigenvalue weighted by Crippen LogP contribution is 2.21. The van der Waals surface area contributed by atoms with E-state index < -0.39 is 21.7 Å². The summed E-state index contributed by atoms with van der Waals surface area (Å²) in [6.07, 6.45) is 0. The summed E-state index contributed by atoms with van der Waals surface area (Å²) in [5, 5.41) is 7.30. The molecule has 0 bridgehead atoms. The Morgan fingerprint density at radius 3 is 2.05 bits per heavy atom. The number of nitrogens with one attached hydrogen (secondary N) is 1. The molecule has 7 nitrogen and oxygen atoms in total. The number of fused-ring (bicyclic) bond motifs is 1. The summed E-state index contributed by atoms with van der Waals surface area (Å²) in [7, 11) is -3.58. The van der Waals surface area contributed by atoms with Crippen LogP contribution in [0.2, 0.25) is 0 Å². The molecule has 0 aromatic heterocycles. The molecule has 0 radical (unpaired) electrons. The van der Waals surface area contributed by atoms with Crippen LogP contribution in [-0.4, -0.2) is 20.1 Å². The maximum absolute atomic E-state index is 11.0. The van der Waals surface area contributed by atoms with Gasteiger partial charge in [0, 0.05) is 5.69 Å². The third-order valence-corrected chi connectivity index (χ3v) is 3.76. The van der Waals surface area contributed by atoms with Crippen LogP contribution >= 0.6 is 0 Å². The van der Waals surface area contributed by atoms with Gasteiger partial charge in [-0.05, 0) is 36.4 Å². The highest BCUT2D eigenvalue weighted by molar-refractivity contribution is 7.89. The van der Waals surface area contributed by atoms with E-state index in [1.165, 1.54) is 24.3 Å². The van der Waals surface area contributed by atoms with Crippen LogP contribution in [0.3, 0.4) is 0 Å². The first-order valence-corrected chi connectivity index (χ1v) is 7.67. The molecular formula is C14H13N3O4S. The summed E-state index contributed by atoms with van der Waals surface area (Å²) in [4.78, 5) is 21.8. The fourth-order valence-electron chi connectivity index (χ4n) is 1.75. The first-order valence-electron chi connectivity index (χ1n) is 6.12. The van der Waals surface area contributed by atoms with Crippen molar-refractivity contribution in [3.05, 3.63) is 54.1 Å². The fourth-order valence-corrected chi connectivity index (χ4v) is 2.26. The lowest BCUT2D eigenvalue weighted by atomic mass is 10.1. The van der Waals surface area contributed by atoms with Crippen molar-refractivity contribution in [3.63, 3.8) is 0 Å². The molecule has 2 aromatic rings. The standard InChI is InChI=1S/C8H5NO2.C6H8N2O2S/c10-7-5-3-1-2-4-6(5)9-8(7)11;7-5-1-3-6(4-2-5)11(8,9)10/h1-4H,(H,9,10,11);1-4H,7H2,(H2,8,9,10).